The van der Waals surface area contributed by atoms with Gasteiger partial charge in [-0.25, -0.2) is 0 Å². The molecule has 3 N–H and O–H groups in total. The van der Waals surface area contributed by atoms with Crippen LogP contribution >= 0.6 is 11.6 Å². The van der Waals surface area contributed by atoms with Crippen LogP contribution in [0.3, 0.4) is 0 Å². The lowest BCUT2D eigenvalue weighted by molar-refractivity contribution is 0.0137. The van der Waals surface area contributed by atoms with Gasteiger partial charge in [-0.2, -0.15) is 0 Å². The standard InChI is InChI=1S/C11H14ClN3O3/c1-6-4-7(12)5-8(10(6)17)11(18)9(16)2-3-14-15-13/h4-5,9,11,16-18H,2-3H2,1H3. The predicted molar refractivity (Wildman–Crippen MR) is 67.5 cm³/mol. The number of rotatable bonds is 5. The minimum Gasteiger partial charge on any atom is -0.507 e. The fourth-order valence-corrected chi connectivity index (χ4v) is 1.87. The predicted octanol–water partition coefficient (Wildman–Crippen LogP) is 2.45. The van der Waals surface area contributed by atoms with E-state index in [9.17, 15) is 15.3 Å². The number of phenols is 1. The van der Waals surface area contributed by atoms with E-state index >= 15 is 0 Å². The number of aromatic hydroxyl groups is 1. The highest BCUT2D eigenvalue weighted by molar-refractivity contribution is 6.30. The molecule has 0 radical (unpaired) electrons. The molecule has 98 valence electrons. The molecule has 18 heavy (non-hydrogen) atoms. The van der Waals surface area contributed by atoms with E-state index < -0.39 is 12.2 Å². The second kappa shape index (κ2) is 6.47. The number of phenolic OH excluding ortho intramolecular Hbond substituents is 1. The zero-order valence-corrected chi connectivity index (χ0v) is 10.5. The molecule has 2 unspecified atom stereocenters. The van der Waals surface area contributed by atoms with Crippen molar-refractivity contribution in [1.82, 2.24) is 0 Å². The average molecular weight is 272 g/mol. The quantitative estimate of drug-likeness (QED) is 0.434. The largest absolute Gasteiger partial charge is 0.507 e. The SMILES string of the molecule is Cc1cc(Cl)cc(C(O)C(O)CCN=[N+]=[N-])c1O. The van der Waals surface area contributed by atoms with E-state index in [1.165, 1.54) is 6.07 Å². The van der Waals surface area contributed by atoms with Gasteiger partial charge in [0.2, 0.25) is 0 Å². The van der Waals surface area contributed by atoms with E-state index in [0.29, 0.717) is 10.6 Å². The summed E-state index contributed by atoms with van der Waals surface area (Å²) in [5.74, 6) is -0.102. The molecule has 7 heteroatoms. The maximum Gasteiger partial charge on any atom is 0.124 e. The normalized spacial score (nSPS) is 13.8. The lowest BCUT2D eigenvalue weighted by atomic mass is 9.99. The van der Waals surface area contributed by atoms with Crippen LogP contribution in [0.4, 0.5) is 0 Å². The fraction of sp³-hybridized carbons (Fsp3) is 0.455. The van der Waals surface area contributed by atoms with Crippen molar-refractivity contribution in [2.75, 3.05) is 6.54 Å². The smallest absolute Gasteiger partial charge is 0.124 e. The first-order valence-corrected chi connectivity index (χ1v) is 5.71. The zero-order chi connectivity index (χ0) is 13.7. The summed E-state index contributed by atoms with van der Waals surface area (Å²) >= 11 is 5.83. The van der Waals surface area contributed by atoms with E-state index in [4.69, 9.17) is 17.1 Å². The van der Waals surface area contributed by atoms with Gasteiger partial charge in [-0.3, -0.25) is 0 Å². The minimum absolute atomic E-state index is 0.0645. The Balaban J connectivity index is 2.89. The summed E-state index contributed by atoms with van der Waals surface area (Å²) in [7, 11) is 0. The van der Waals surface area contributed by atoms with Crippen LogP contribution in [0.1, 0.15) is 23.7 Å². The third kappa shape index (κ3) is 3.51. The fourth-order valence-electron chi connectivity index (χ4n) is 1.59. The monoisotopic (exact) mass is 271 g/mol. The summed E-state index contributed by atoms with van der Waals surface area (Å²) in [5, 5.41) is 33.1. The summed E-state index contributed by atoms with van der Waals surface area (Å²) in [6.45, 7) is 1.71. The molecule has 0 aromatic heterocycles. The number of hydrogen-bond acceptors (Lipinski definition) is 4. The highest BCUT2D eigenvalue weighted by Crippen LogP contribution is 2.33. The maximum atomic E-state index is 9.91. The van der Waals surface area contributed by atoms with Crippen LogP contribution in [0.25, 0.3) is 10.4 Å². The van der Waals surface area contributed by atoms with Crippen molar-refractivity contribution in [2.24, 2.45) is 5.11 Å². The van der Waals surface area contributed by atoms with Crippen LogP contribution in [0.5, 0.6) is 5.75 Å². The van der Waals surface area contributed by atoms with Crippen LogP contribution in [0.15, 0.2) is 17.2 Å². The van der Waals surface area contributed by atoms with Gasteiger partial charge in [-0.1, -0.05) is 16.7 Å². The Hall–Kier alpha value is -1.46. The Kier molecular flexibility index (Phi) is 5.25. The van der Waals surface area contributed by atoms with Crippen molar-refractivity contribution >= 4 is 11.6 Å². The molecule has 6 nitrogen and oxygen atoms in total. The first-order chi connectivity index (χ1) is 8.47. The Morgan fingerprint density at radius 3 is 2.72 bits per heavy atom. The summed E-state index contributed by atoms with van der Waals surface area (Å²) in [6, 6.07) is 2.95. The molecule has 0 saturated heterocycles. The highest BCUT2D eigenvalue weighted by atomic mass is 35.5. The molecule has 0 heterocycles. The van der Waals surface area contributed by atoms with Gasteiger partial charge in [0.25, 0.3) is 0 Å². The summed E-state index contributed by atoms with van der Waals surface area (Å²) in [5.41, 5.74) is 8.78. The van der Waals surface area contributed by atoms with Gasteiger partial charge < -0.3 is 15.3 Å². The number of azide groups is 1. The zero-order valence-electron chi connectivity index (χ0n) is 9.78. The first-order valence-electron chi connectivity index (χ1n) is 5.33. The van der Waals surface area contributed by atoms with E-state index in [1.54, 1.807) is 13.0 Å². The minimum atomic E-state index is -1.28. The summed E-state index contributed by atoms with van der Waals surface area (Å²) < 4.78 is 0. The molecule has 2 atom stereocenters. The molecule has 0 saturated carbocycles. The molecule has 1 aromatic carbocycles. The molecule has 0 aliphatic rings. The summed E-state index contributed by atoms with van der Waals surface area (Å²) in [4.78, 5) is 2.55. The van der Waals surface area contributed by atoms with Gasteiger partial charge in [0.05, 0.1) is 6.10 Å². The Morgan fingerprint density at radius 2 is 2.11 bits per heavy atom. The Labute approximate surface area is 109 Å². The molecule has 1 aromatic rings. The second-order valence-electron chi connectivity index (χ2n) is 3.92. The Bertz CT molecular complexity index is 475. The van der Waals surface area contributed by atoms with Gasteiger partial charge in [0.1, 0.15) is 11.9 Å². The molecule has 0 aliphatic heterocycles. The maximum absolute atomic E-state index is 9.91. The number of halogens is 1. The lowest BCUT2D eigenvalue weighted by Gasteiger charge is -2.19. The second-order valence-corrected chi connectivity index (χ2v) is 4.35. The van der Waals surface area contributed by atoms with Gasteiger partial charge >= 0.3 is 0 Å². The number of benzene rings is 1. The molecular formula is C11H14ClN3O3. The average Bonchev–Trinajstić information content (AvgIpc) is 2.33. The number of hydrogen-bond donors (Lipinski definition) is 3. The van der Waals surface area contributed by atoms with Crippen molar-refractivity contribution in [1.29, 1.82) is 0 Å². The van der Waals surface area contributed by atoms with Crippen molar-refractivity contribution in [3.8, 4) is 5.75 Å². The van der Waals surface area contributed by atoms with E-state index in [2.05, 4.69) is 10.0 Å². The van der Waals surface area contributed by atoms with Crippen molar-refractivity contribution in [3.63, 3.8) is 0 Å². The lowest BCUT2D eigenvalue weighted by Crippen LogP contribution is -2.19. The van der Waals surface area contributed by atoms with Gasteiger partial charge in [-0.05, 0) is 36.6 Å². The van der Waals surface area contributed by atoms with Crippen molar-refractivity contribution in [3.05, 3.63) is 38.7 Å². The molecular weight excluding hydrogens is 258 g/mol. The van der Waals surface area contributed by atoms with E-state index in [0.717, 1.165) is 0 Å². The van der Waals surface area contributed by atoms with Crippen LogP contribution in [-0.4, -0.2) is 28.0 Å². The highest BCUT2D eigenvalue weighted by Gasteiger charge is 2.22. The molecule has 0 fully saturated rings. The van der Waals surface area contributed by atoms with Crippen LogP contribution < -0.4 is 0 Å². The number of aliphatic hydroxyl groups is 2. The van der Waals surface area contributed by atoms with Crippen LogP contribution in [0, 0.1) is 6.92 Å². The molecule has 1 rings (SSSR count). The number of aliphatic hydroxyl groups excluding tert-OH is 2. The van der Waals surface area contributed by atoms with E-state index in [-0.39, 0.29) is 24.3 Å². The molecule has 0 spiro atoms. The topological polar surface area (TPSA) is 109 Å². The Morgan fingerprint density at radius 1 is 1.44 bits per heavy atom. The van der Waals surface area contributed by atoms with E-state index in [1.807, 2.05) is 0 Å². The third-order valence-electron chi connectivity index (χ3n) is 2.57. The van der Waals surface area contributed by atoms with Crippen LogP contribution in [0.2, 0.25) is 5.02 Å². The number of aryl methyl sites for hydroxylation is 1. The third-order valence-corrected chi connectivity index (χ3v) is 2.78. The van der Waals surface area contributed by atoms with Gasteiger partial charge in [0.15, 0.2) is 0 Å². The molecule has 0 amide bonds. The van der Waals surface area contributed by atoms with Crippen LogP contribution in [-0.2, 0) is 0 Å². The molecule has 0 aliphatic carbocycles. The van der Waals surface area contributed by atoms with Crippen molar-refractivity contribution in [2.45, 2.75) is 25.6 Å². The van der Waals surface area contributed by atoms with Gasteiger partial charge in [0, 0.05) is 22.0 Å². The molecule has 0 bridgehead atoms. The van der Waals surface area contributed by atoms with Gasteiger partial charge in [-0.15, -0.1) is 0 Å². The number of nitrogens with zero attached hydrogens (tertiary/aromatic N) is 3. The summed E-state index contributed by atoms with van der Waals surface area (Å²) in [6.07, 6.45) is -2.33. The van der Waals surface area contributed by atoms with Crippen molar-refractivity contribution < 1.29 is 15.3 Å². The first kappa shape index (κ1) is 14.6.